The third-order valence-corrected chi connectivity index (χ3v) is 6.91. The lowest BCUT2D eigenvalue weighted by molar-refractivity contribution is 0.0400. The van der Waals surface area contributed by atoms with Gasteiger partial charge in [-0.3, -0.25) is 0 Å². The fourth-order valence-electron chi connectivity index (χ4n) is 4.69. The minimum absolute atomic E-state index is 0.296. The maximum absolute atomic E-state index is 13.2. The van der Waals surface area contributed by atoms with E-state index in [1.54, 1.807) is 48.5 Å². The van der Waals surface area contributed by atoms with Crippen LogP contribution < -0.4 is 11.5 Å². The summed E-state index contributed by atoms with van der Waals surface area (Å²) in [6.07, 6.45) is 0. The van der Waals surface area contributed by atoms with Gasteiger partial charge in [0.15, 0.2) is 0 Å². The molecule has 0 atom stereocenters. The number of ether oxygens (including phenoxy) is 1. The highest BCUT2D eigenvalue weighted by Gasteiger charge is 2.19. The van der Waals surface area contributed by atoms with Crippen LogP contribution >= 0.6 is 0 Å². The highest BCUT2D eigenvalue weighted by atomic mass is 16.6. The van der Waals surface area contributed by atoms with Crippen molar-refractivity contribution in [1.82, 2.24) is 0 Å². The van der Waals surface area contributed by atoms with Crippen molar-refractivity contribution in [2.45, 2.75) is 0 Å². The molecular formula is C38H24N2O3. The summed E-state index contributed by atoms with van der Waals surface area (Å²) in [5.74, 6) is 11.1. The summed E-state index contributed by atoms with van der Waals surface area (Å²) >= 11 is 0. The number of hydrogen-bond donors (Lipinski definition) is 2. The molecule has 6 rings (SSSR count). The Bertz CT molecular complexity index is 2000. The van der Waals surface area contributed by atoms with Crippen molar-refractivity contribution in [3.8, 4) is 23.7 Å². The first kappa shape index (κ1) is 26.9. The summed E-state index contributed by atoms with van der Waals surface area (Å²) in [4.78, 5) is 26.4. The Morgan fingerprint density at radius 2 is 0.837 bits per heavy atom. The largest absolute Gasteiger partial charge is 0.399 e. The van der Waals surface area contributed by atoms with Crippen molar-refractivity contribution < 1.29 is 14.3 Å². The van der Waals surface area contributed by atoms with Gasteiger partial charge in [-0.1, -0.05) is 60.1 Å². The van der Waals surface area contributed by atoms with Gasteiger partial charge in [0.2, 0.25) is 0 Å². The van der Waals surface area contributed by atoms with Crippen LogP contribution in [-0.4, -0.2) is 11.9 Å². The van der Waals surface area contributed by atoms with Crippen molar-refractivity contribution in [1.29, 1.82) is 0 Å². The zero-order chi connectivity index (χ0) is 29.8. The van der Waals surface area contributed by atoms with E-state index in [0.717, 1.165) is 33.0 Å². The summed E-state index contributed by atoms with van der Waals surface area (Å²) < 4.78 is 5.37. The third-order valence-electron chi connectivity index (χ3n) is 6.91. The van der Waals surface area contributed by atoms with E-state index in [2.05, 4.69) is 23.7 Å². The number of rotatable bonds is 2. The molecular weight excluding hydrogens is 532 g/mol. The molecule has 0 aliphatic rings. The first-order valence-electron chi connectivity index (χ1n) is 13.5. The van der Waals surface area contributed by atoms with Gasteiger partial charge in [0.05, 0.1) is 11.1 Å². The molecule has 43 heavy (non-hydrogen) atoms. The van der Waals surface area contributed by atoms with Crippen LogP contribution in [0.3, 0.4) is 0 Å². The molecule has 204 valence electrons. The Labute approximate surface area is 248 Å². The van der Waals surface area contributed by atoms with Crippen LogP contribution in [0.15, 0.2) is 121 Å². The van der Waals surface area contributed by atoms with E-state index < -0.39 is 11.9 Å². The fraction of sp³-hybridized carbons (Fsp3) is 0. The second-order valence-corrected chi connectivity index (χ2v) is 9.90. The molecule has 0 aliphatic heterocycles. The van der Waals surface area contributed by atoms with Gasteiger partial charge < -0.3 is 16.2 Å². The van der Waals surface area contributed by atoms with Crippen molar-refractivity contribution in [2.75, 3.05) is 11.5 Å². The van der Waals surface area contributed by atoms with E-state index in [1.165, 1.54) is 0 Å². The van der Waals surface area contributed by atoms with Crippen LogP contribution in [-0.2, 0) is 4.74 Å². The highest BCUT2D eigenvalue weighted by molar-refractivity contribution is 6.13. The van der Waals surface area contributed by atoms with Gasteiger partial charge in [-0.05, 0) is 106 Å². The molecule has 5 heteroatoms. The summed E-state index contributed by atoms with van der Waals surface area (Å²) in [5, 5.41) is 2.95. The van der Waals surface area contributed by atoms with Gasteiger partial charge >= 0.3 is 11.9 Å². The molecule has 4 N–H and O–H groups in total. The Hall–Kier alpha value is -6.30. The molecule has 0 spiro atoms. The Morgan fingerprint density at radius 1 is 0.465 bits per heavy atom. The van der Waals surface area contributed by atoms with Crippen LogP contribution in [0.5, 0.6) is 0 Å². The molecule has 0 radical (unpaired) electrons. The minimum atomic E-state index is -0.723. The summed E-state index contributed by atoms with van der Waals surface area (Å²) in [5.41, 5.74) is 16.7. The van der Waals surface area contributed by atoms with Crippen molar-refractivity contribution in [2.24, 2.45) is 0 Å². The second kappa shape index (κ2) is 11.7. The lowest BCUT2D eigenvalue weighted by Gasteiger charge is -2.09. The van der Waals surface area contributed by atoms with E-state index in [9.17, 15) is 9.59 Å². The fourth-order valence-corrected chi connectivity index (χ4v) is 4.69. The number of hydrogen-bond acceptors (Lipinski definition) is 5. The molecule has 0 saturated carbocycles. The standard InChI is InChI=1S/C38H24N2O3/c39-31-17-11-25(12-18-31)7-9-27-15-21-33-29(23-27)3-1-5-35(33)37(41)43-38(42)36-6-2-4-30-24-28(16-22-34(30)36)10-8-26-13-19-32(40)20-14-26/h1-6,11-24H,39-40H2. The third kappa shape index (κ3) is 6.07. The molecule has 0 unspecified atom stereocenters. The number of anilines is 2. The lowest BCUT2D eigenvalue weighted by Crippen LogP contribution is -2.13. The molecule has 0 heterocycles. The van der Waals surface area contributed by atoms with Crippen molar-refractivity contribution >= 4 is 44.9 Å². The maximum atomic E-state index is 13.2. The van der Waals surface area contributed by atoms with E-state index >= 15 is 0 Å². The summed E-state index contributed by atoms with van der Waals surface area (Å²) in [7, 11) is 0. The number of nitrogens with two attached hydrogens (primary N) is 2. The van der Waals surface area contributed by atoms with Gasteiger partial charge in [-0.2, -0.15) is 0 Å². The molecule has 0 aliphatic carbocycles. The van der Waals surface area contributed by atoms with Crippen LogP contribution in [0.25, 0.3) is 21.5 Å². The van der Waals surface area contributed by atoms with Crippen molar-refractivity contribution in [3.05, 3.63) is 155 Å². The molecule has 0 fully saturated rings. The predicted molar refractivity (Wildman–Crippen MR) is 171 cm³/mol. The summed E-state index contributed by atoms with van der Waals surface area (Å²) in [6, 6.07) is 36.3. The molecule has 5 nitrogen and oxygen atoms in total. The molecule has 6 aromatic rings. The predicted octanol–water partition coefficient (Wildman–Crippen LogP) is 6.95. The Morgan fingerprint density at radius 3 is 1.26 bits per heavy atom. The quantitative estimate of drug-likeness (QED) is 0.104. The summed E-state index contributed by atoms with van der Waals surface area (Å²) in [6.45, 7) is 0. The Balaban J connectivity index is 1.22. The smallest absolute Gasteiger partial charge is 0.346 e. The lowest BCUT2D eigenvalue weighted by atomic mass is 10.0. The number of carbonyl (C=O) groups excluding carboxylic acids is 2. The molecule has 0 bridgehead atoms. The minimum Gasteiger partial charge on any atom is -0.399 e. The van der Waals surface area contributed by atoms with Gasteiger partial charge in [-0.15, -0.1) is 0 Å². The first-order valence-corrected chi connectivity index (χ1v) is 13.5. The SMILES string of the molecule is Nc1ccc(C#Cc2ccc3c(C(=O)OC(=O)c4cccc5cc(C#Cc6ccc(N)cc6)ccc45)cccc3c2)cc1. The molecule has 6 aromatic carbocycles. The topological polar surface area (TPSA) is 95.4 Å². The maximum Gasteiger partial charge on any atom is 0.346 e. The number of carbonyl (C=O) groups is 2. The van der Waals surface area contributed by atoms with Gasteiger partial charge in [0.1, 0.15) is 0 Å². The van der Waals surface area contributed by atoms with Gasteiger partial charge in [0.25, 0.3) is 0 Å². The average Bonchev–Trinajstić information content (AvgIpc) is 3.03. The molecule has 0 amide bonds. The van der Waals surface area contributed by atoms with Crippen LogP contribution in [0.2, 0.25) is 0 Å². The number of benzene rings is 6. The van der Waals surface area contributed by atoms with Crippen molar-refractivity contribution in [3.63, 3.8) is 0 Å². The number of nitrogen functional groups attached to an aromatic ring is 2. The van der Waals surface area contributed by atoms with E-state index in [-0.39, 0.29) is 0 Å². The van der Waals surface area contributed by atoms with Crippen LogP contribution in [0, 0.1) is 23.7 Å². The average molecular weight is 557 g/mol. The van der Waals surface area contributed by atoms with Gasteiger partial charge in [0, 0.05) is 33.6 Å². The van der Waals surface area contributed by atoms with E-state index in [1.807, 2.05) is 72.8 Å². The van der Waals surface area contributed by atoms with Gasteiger partial charge in [-0.25, -0.2) is 9.59 Å². The van der Waals surface area contributed by atoms with Crippen LogP contribution in [0.1, 0.15) is 43.0 Å². The first-order chi connectivity index (χ1) is 20.9. The molecule has 0 aromatic heterocycles. The monoisotopic (exact) mass is 556 g/mol. The van der Waals surface area contributed by atoms with E-state index in [4.69, 9.17) is 16.2 Å². The van der Waals surface area contributed by atoms with Crippen LogP contribution in [0.4, 0.5) is 11.4 Å². The molecule has 0 saturated heterocycles. The zero-order valence-electron chi connectivity index (χ0n) is 22.9. The van der Waals surface area contributed by atoms with E-state index in [0.29, 0.717) is 33.3 Å². The second-order valence-electron chi connectivity index (χ2n) is 9.90. The zero-order valence-corrected chi connectivity index (χ0v) is 22.9. The number of fused-ring (bicyclic) bond motifs is 2. The highest BCUT2D eigenvalue weighted by Crippen LogP contribution is 2.24. The number of esters is 2. The normalized spacial score (nSPS) is 10.3. The Kier molecular flexibility index (Phi) is 7.30.